The molecule has 0 fully saturated rings. The fraction of sp³-hybridized carbons (Fsp3) is 0.276. The lowest BCUT2D eigenvalue weighted by molar-refractivity contribution is -0.139. The summed E-state index contributed by atoms with van der Waals surface area (Å²) < 4.78 is 9.82. The number of nitrogens with zero attached hydrogens (tertiary/aromatic N) is 3. The molecule has 0 N–H and O–H groups in total. The SMILES string of the molecule is CCOC(=O)C1=C(C)N=c2s/c(=C\c3cn(C(C)C)c4ccccc34)c(=O)n2[C@H]1c1ccc(C)cc1. The highest BCUT2D eigenvalue weighted by atomic mass is 32.1. The summed E-state index contributed by atoms with van der Waals surface area (Å²) in [4.78, 5) is 32.2. The van der Waals surface area contributed by atoms with Crippen molar-refractivity contribution >= 4 is 34.3 Å². The highest BCUT2D eigenvalue weighted by molar-refractivity contribution is 7.07. The molecule has 0 saturated heterocycles. The second-order valence-electron chi connectivity index (χ2n) is 9.32. The zero-order valence-electron chi connectivity index (χ0n) is 21.1. The van der Waals surface area contributed by atoms with Crippen LogP contribution in [0.3, 0.4) is 0 Å². The van der Waals surface area contributed by atoms with Crippen molar-refractivity contribution in [3.63, 3.8) is 0 Å². The number of aryl methyl sites for hydroxylation is 1. The monoisotopic (exact) mass is 499 g/mol. The van der Waals surface area contributed by atoms with E-state index in [1.165, 1.54) is 11.3 Å². The van der Waals surface area contributed by atoms with Crippen LogP contribution in [0.4, 0.5) is 0 Å². The molecular formula is C29H29N3O3S. The average molecular weight is 500 g/mol. The van der Waals surface area contributed by atoms with Crippen LogP contribution in [-0.2, 0) is 9.53 Å². The van der Waals surface area contributed by atoms with Gasteiger partial charge < -0.3 is 9.30 Å². The van der Waals surface area contributed by atoms with Gasteiger partial charge in [-0.2, -0.15) is 0 Å². The van der Waals surface area contributed by atoms with E-state index in [1.807, 2.05) is 49.4 Å². The van der Waals surface area contributed by atoms with Gasteiger partial charge in [-0.15, -0.1) is 0 Å². The third-order valence-electron chi connectivity index (χ3n) is 6.52. The van der Waals surface area contributed by atoms with Gasteiger partial charge in [-0.1, -0.05) is 59.4 Å². The average Bonchev–Trinajstić information content (AvgIpc) is 3.37. The van der Waals surface area contributed by atoms with Gasteiger partial charge in [-0.3, -0.25) is 9.36 Å². The number of carbonyl (C=O) groups excluding carboxylic acids is 1. The number of allylic oxidation sites excluding steroid dienone is 1. The highest BCUT2D eigenvalue weighted by Crippen LogP contribution is 2.31. The van der Waals surface area contributed by atoms with Crippen molar-refractivity contribution in [1.82, 2.24) is 9.13 Å². The van der Waals surface area contributed by atoms with Crippen molar-refractivity contribution in [1.29, 1.82) is 0 Å². The van der Waals surface area contributed by atoms with Crippen molar-refractivity contribution in [2.45, 2.75) is 46.7 Å². The molecule has 1 aliphatic rings. The number of carbonyl (C=O) groups is 1. The molecule has 0 amide bonds. The van der Waals surface area contributed by atoms with Crippen LogP contribution in [-0.4, -0.2) is 21.7 Å². The van der Waals surface area contributed by atoms with Crippen LogP contribution in [0.25, 0.3) is 17.0 Å². The molecule has 7 heteroatoms. The summed E-state index contributed by atoms with van der Waals surface area (Å²) in [7, 11) is 0. The zero-order valence-corrected chi connectivity index (χ0v) is 21.9. The maximum Gasteiger partial charge on any atom is 0.338 e. The maximum absolute atomic E-state index is 13.9. The predicted molar refractivity (Wildman–Crippen MR) is 144 cm³/mol. The molecule has 4 aromatic rings. The fourth-order valence-electron chi connectivity index (χ4n) is 4.77. The third kappa shape index (κ3) is 4.03. The Bertz CT molecular complexity index is 1680. The van der Waals surface area contributed by atoms with Crippen LogP contribution in [0.2, 0.25) is 0 Å². The van der Waals surface area contributed by atoms with E-state index in [2.05, 4.69) is 41.7 Å². The molecule has 2 aromatic heterocycles. The fourth-order valence-corrected chi connectivity index (χ4v) is 5.81. The number of benzene rings is 2. The van der Waals surface area contributed by atoms with Gasteiger partial charge in [0.15, 0.2) is 4.80 Å². The van der Waals surface area contributed by atoms with E-state index in [1.54, 1.807) is 18.4 Å². The molecule has 6 nitrogen and oxygen atoms in total. The van der Waals surface area contributed by atoms with Gasteiger partial charge in [-0.25, -0.2) is 9.79 Å². The molecule has 1 aliphatic heterocycles. The third-order valence-corrected chi connectivity index (χ3v) is 7.51. The van der Waals surface area contributed by atoms with Crippen molar-refractivity contribution < 1.29 is 9.53 Å². The molecule has 3 heterocycles. The number of fused-ring (bicyclic) bond motifs is 2. The lowest BCUT2D eigenvalue weighted by Gasteiger charge is -2.24. The molecule has 1 atom stereocenters. The first-order chi connectivity index (χ1) is 17.3. The van der Waals surface area contributed by atoms with E-state index in [0.29, 0.717) is 20.6 Å². The van der Waals surface area contributed by atoms with Crippen molar-refractivity contribution in [2.75, 3.05) is 6.61 Å². The minimum atomic E-state index is -0.597. The Balaban J connectivity index is 1.75. The number of para-hydroxylation sites is 1. The minimum absolute atomic E-state index is 0.167. The number of rotatable bonds is 5. The second-order valence-corrected chi connectivity index (χ2v) is 10.3. The molecule has 2 aromatic carbocycles. The molecule has 5 rings (SSSR count). The van der Waals surface area contributed by atoms with E-state index >= 15 is 0 Å². The van der Waals surface area contributed by atoms with Crippen molar-refractivity contribution in [3.8, 4) is 0 Å². The van der Waals surface area contributed by atoms with Gasteiger partial charge in [0, 0.05) is 28.7 Å². The van der Waals surface area contributed by atoms with Gasteiger partial charge in [0.1, 0.15) is 0 Å². The molecular weight excluding hydrogens is 470 g/mol. The molecule has 0 aliphatic carbocycles. The van der Waals surface area contributed by atoms with Gasteiger partial charge in [0.25, 0.3) is 5.56 Å². The van der Waals surface area contributed by atoms with Crippen LogP contribution in [0.5, 0.6) is 0 Å². The van der Waals surface area contributed by atoms with Crippen LogP contribution >= 0.6 is 11.3 Å². The van der Waals surface area contributed by atoms with Crippen LogP contribution in [0.15, 0.2) is 75.8 Å². The van der Waals surface area contributed by atoms with Crippen LogP contribution < -0.4 is 14.9 Å². The van der Waals surface area contributed by atoms with E-state index in [4.69, 9.17) is 4.74 Å². The lowest BCUT2D eigenvalue weighted by Crippen LogP contribution is -2.39. The maximum atomic E-state index is 13.9. The Morgan fingerprint density at radius 2 is 1.86 bits per heavy atom. The summed E-state index contributed by atoms with van der Waals surface area (Å²) in [5.41, 5.74) is 4.87. The molecule has 36 heavy (non-hydrogen) atoms. The van der Waals surface area contributed by atoms with Crippen LogP contribution in [0.1, 0.15) is 56.5 Å². The number of aromatic nitrogens is 2. The number of ether oxygens (including phenoxy) is 1. The normalized spacial score (nSPS) is 15.9. The Hall–Kier alpha value is -3.71. The predicted octanol–water partition coefficient (Wildman–Crippen LogP) is 4.64. The van der Waals surface area contributed by atoms with E-state index < -0.39 is 12.0 Å². The summed E-state index contributed by atoms with van der Waals surface area (Å²) >= 11 is 1.35. The summed E-state index contributed by atoms with van der Waals surface area (Å²) in [5, 5.41) is 1.09. The number of hydrogen-bond donors (Lipinski definition) is 0. The first-order valence-corrected chi connectivity index (χ1v) is 13.0. The van der Waals surface area contributed by atoms with E-state index in [9.17, 15) is 9.59 Å². The molecule has 184 valence electrons. The number of thiazole rings is 1. The largest absolute Gasteiger partial charge is 0.463 e. The van der Waals surface area contributed by atoms with Crippen molar-refractivity contribution in [3.05, 3.63) is 102 Å². The Kier molecular flexibility index (Phi) is 6.26. The summed E-state index contributed by atoms with van der Waals surface area (Å²) in [6, 6.07) is 15.8. The van der Waals surface area contributed by atoms with Gasteiger partial charge >= 0.3 is 5.97 Å². The Labute approximate surface area is 213 Å². The van der Waals surface area contributed by atoms with Gasteiger partial charge in [0.05, 0.1) is 28.5 Å². The molecule has 0 saturated carbocycles. The number of hydrogen-bond acceptors (Lipinski definition) is 5. The zero-order chi connectivity index (χ0) is 25.6. The van der Waals surface area contributed by atoms with E-state index in [0.717, 1.165) is 27.6 Å². The molecule has 0 radical (unpaired) electrons. The Morgan fingerprint density at radius 3 is 2.56 bits per heavy atom. The Morgan fingerprint density at radius 1 is 1.14 bits per heavy atom. The topological polar surface area (TPSA) is 65.6 Å². The first kappa shape index (κ1) is 24.0. The van der Waals surface area contributed by atoms with Gasteiger partial charge in [0.2, 0.25) is 0 Å². The number of esters is 1. The lowest BCUT2D eigenvalue weighted by atomic mass is 9.95. The molecule has 0 bridgehead atoms. The smallest absolute Gasteiger partial charge is 0.338 e. The second kappa shape index (κ2) is 9.39. The van der Waals surface area contributed by atoms with Gasteiger partial charge in [-0.05, 0) is 52.3 Å². The van der Waals surface area contributed by atoms with Crippen molar-refractivity contribution in [2.24, 2.45) is 4.99 Å². The minimum Gasteiger partial charge on any atom is -0.463 e. The quantitative estimate of drug-likeness (QED) is 0.376. The molecule has 0 spiro atoms. The summed E-state index contributed by atoms with van der Waals surface area (Å²) in [6.07, 6.45) is 4.04. The first-order valence-electron chi connectivity index (χ1n) is 12.2. The van der Waals surface area contributed by atoms with Crippen LogP contribution in [0, 0.1) is 6.92 Å². The van der Waals surface area contributed by atoms with E-state index in [-0.39, 0.29) is 18.2 Å². The highest BCUT2D eigenvalue weighted by Gasteiger charge is 2.33. The summed E-state index contributed by atoms with van der Waals surface area (Å²) in [5.74, 6) is -0.446. The summed E-state index contributed by atoms with van der Waals surface area (Å²) in [6.45, 7) is 10.1. The molecule has 0 unspecified atom stereocenters. The standard InChI is InChI=1S/C29H29N3O3S/c1-6-35-28(34)25-19(5)30-29-32(26(25)20-13-11-18(4)12-14-20)27(33)24(36-29)15-21-16-31(17(2)3)23-10-8-7-9-22(21)23/h7-17,26H,6H2,1-5H3/b24-15-/t26-/m0/s1.